The van der Waals surface area contributed by atoms with Crippen LogP contribution in [-0.2, 0) is 6.54 Å². The first kappa shape index (κ1) is 25.5. The molecule has 1 amide bonds. The molecule has 0 unspecified atom stereocenters. The fraction of sp³-hybridized carbons (Fsp3) is 0.393. The van der Waals surface area contributed by atoms with Crippen molar-refractivity contribution in [2.45, 2.75) is 20.4 Å². The van der Waals surface area contributed by atoms with Gasteiger partial charge in [-0.2, -0.15) is 5.26 Å². The van der Waals surface area contributed by atoms with E-state index in [1.165, 1.54) is 6.20 Å². The molecule has 196 valence electrons. The number of pyridine rings is 1. The molecule has 0 radical (unpaired) electrons. The summed E-state index contributed by atoms with van der Waals surface area (Å²) in [6.45, 7) is 9.98. The van der Waals surface area contributed by atoms with Crippen LogP contribution >= 0.6 is 0 Å². The molecular weight excluding hydrogens is 483 g/mol. The molecule has 0 bridgehead atoms. The smallest absolute Gasteiger partial charge is 0.254 e. The summed E-state index contributed by atoms with van der Waals surface area (Å²) in [7, 11) is 0. The van der Waals surface area contributed by atoms with Crippen LogP contribution in [0.3, 0.4) is 0 Å². The van der Waals surface area contributed by atoms with Crippen molar-refractivity contribution in [2.24, 2.45) is 0 Å². The molecule has 3 aromatic rings. The summed E-state index contributed by atoms with van der Waals surface area (Å²) in [5.41, 5.74) is 3.73. The van der Waals surface area contributed by atoms with Crippen molar-refractivity contribution in [1.29, 1.82) is 5.26 Å². The van der Waals surface area contributed by atoms with Crippen LogP contribution in [0.2, 0.25) is 0 Å². The van der Waals surface area contributed by atoms with Gasteiger partial charge in [0.25, 0.3) is 5.91 Å². The Balaban J connectivity index is 1.19. The number of halogens is 1. The summed E-state index contributed by atoms with van der Waals surface area (Å²) in [6.07, 6.45) is 2.93. The zero-order valence-corrected chi connectivity index (χ0v) is 21.8. The quantitative estimate of drug-likeness (QED) is 0.513. The maximum atomic E-state index is 13.5. The maximum Gasteiger partial charge on any atom is 0.254 e. The Labute approximate surface area is 222 Å². The zero-order valence-electron chi connectivity index (χ0n) is 21.8. The molecule has 0 spiro atoms. The number of aromatic nitrogens is 3. The normalized spacial score (nSPS) is 16.4. The van der Waals surface area contributed by atoms with Crippen molar-refractivity contribution in [2.75, 3.05) is 62.2 Å². The molecule has 0 aliphatic carbocycles. The third kappa shape index (κ3) is 5.43. The van der Waals surface area contributed by atoms with Gasteiger partial charge in [-0.25, -0.2) is 19.3 Å². The lowest BCUT2D eigenvalue weighted by Crippen LogP contribution is -2.49. The molecule has 0 saturated carbocycles. The Morgan fingerprint density at radius 3 is 2.45 bits per heavy atom. The van der Waals surface area contributed by atoms with Gasteiger partial charge in [0.2, 0.25) is 5.95 Å². The molecule has 4 heterocycles. The van der Waals surface area contributed by atoms with Crippen LogP contribution in [-0.4, -0.2) is 83.0 Å². The second-order valence-corrected chi connectivity index (χ2v) is 9.78. The number of nitrogens with zero attached hydrogens (tertiary/aromatic N) is 8. The van der Waals surface area contributed by atoms with Gasteiger partial charge in [0.15, 0.2) is 5.82 Å². The van der Waals surface area contributed by atoms with E-state index in [1.807, 2.05) is 28.9 Å². The van der Waals surface area contributed by atoms with Crippen LogP contribution in [0.25, 0.3) is 0 Å². The Morgan fingerprint density at radius 2 is 1.74 bits per heavy atom. The second kappa shape index (κ2) is 11.1. The molecule has 0 atom stereocenters. The van der Waals surface area contributed by atoms with Gasteiger partial charge in [-0.15, -0.1) is 0 Å². The highest BCUT2D eigenvalue weighted by atomic mass is 19.1. The van der Waals surface area contributed by atoms with Gasteiger partial charge in [-0.05, 0) is 43.2 Å². The SMILES string of the molecule is Cc1ccc(CN2CCN(c3ncccc3C#N)CC2)cc1C(=O)N1CCN(c2ncc(F)c(C)n2)CC1. The fourth-order valence-electron chi connectivity index (χ4n) is 4.98. The van der Waals surface area contributed by atoms with Gasteiger partial charge in [0.1, 0.15) is 11.9 Å². The highest BCUT2D eigenvalue weighted by molar-refractivity contribution is 5.96. The first-order valence-corrected chi connectivity index (χ1v) is 12.9. The Kier molecular flexibility index (Phi) is 7.47. The number of aryl methyl sites for hydroxylation is 2. The molecule has 9 nitrogen and oxygen atoms in total. The van der Waals surface area contributed by atoms with Crippen molar-refractivity contribution in [1.82, 2.24) is 24.8 Å². The number of carbonyl (C=O) groups excluding carboxylic acids is 1. The molecule has 2 saturated heterocycles. The number of benzene rings is 1. The lowest BCUT2D eigenvalue weighted by molar-refractivity contribution is 0.0745. The third-order valence-corrected chi connectivity index (χ3v) is 7.27. The van der Waals surface area contributed by atoms with Crippen molar-refractivity contribution < 1.29 is 9.18 Å². The van der Waals surface area contributed by atoms with Crippen molar-refractivity contribution in [3.8, 4) is 6.07 Å². The van der Waals surface area contributed by atoms with Crippen LogP contribution in [0.4, 0.5) is 16.2 Å². The average molecular weight is 515 g/mol. The van der Waals surface area contributed by atoms with Crippen molar-refractivity contribution in [3.05, 3.63) is 76.5 Å². The van der Waals surface area contributed by atoms with Crippen LogP contribution in [0.5, 0.6) is 0 Å². The largest absolute Gasteiger partial charge is 0.353 e. The van der Waals surface area contributed by atoms with Gasteiger partial charge in [0.05, 0.1) is 17.5 Å². The number of rotatable bonds is 5. The summed E-state index contributed by atoms with van der Waals surface area (Å²) < 4.78 is 13.5. The summed E-state index contributed by atoms with van der Waals surface area (Å²) in [5, 5.41) is 9.39. The van der Waals surface area contributed by atoms with Gasteiger partial charge < -0.3 is 14.7 Å². The number of hydrogen-bond acceptors (Lipinski definition) is 8. The molecule has 2 aliphatic rings. The summed E-state index contributed by atoms with van der Waals surface area (Å²) in [4.78, 5) is 34.6. The Hall–Kier alpha value is -4.10. The number of nitriles is 1. The van der Waals surface area contributed by atoms with Crippen LogP contribution in [0.15, 0.2) is 42.7 Å². The van der Waals surface area contributed by atoms with E-state index in [2.05, 4.69) is 36.9 Å². The monoisotopic (exact) mass is 514 g/mol. The van der Waals surface area contributed by atoms with Gasteiger partial charge in [-0.3, -0.25) is 9.69 Å². The maximum absolute atomic E-state index is 13.5. The average Bonchev–Trinajstić information content (AvgIpc) is 2.95. The van der Waals surface area contributed by atoms with E-state index in [9.17, 15) is 14.4 Å². The standard InChI is InChI=1S/C28H31FN8O/c1-20-5-6-22(19-34-8-10-35(11-9-34)26-23(17-30)4-3-7-31-26)16-24(20)27(38)36-12-14-37(15-13-36)28-32-18-25(29)21(2)33-28/h3-7,16,18H,8-15,19H2,1-2H3. The van der Waals surface area contributed by atoms with Crippen molar-refractivity contribution in [3.63, 3.8) is 0 Å². The van der Waals surface area contributed by atoms with E-state index in [4.69, 9.17) is 0 Å². The van der Waals surface area contributed by atoms with Crippen LogP contribution in [0.1, 0.15) is 32.7 Å². The van der Waals surface area contributed by atoms with E-state index >= 15 is 0 Å². The molecule has 10 heteroatoms. The highest BCUT2D eigenvalue weighted by Crippen LogP contribution is 2.21. The lowest BCUT2D eigenvalue weighted by Gasteiger charge is -2.36. The third-order valence-electron chi connectivity index (χ3n) is 7.27. The van der Waals surface area contributed by atoms with Gasteiger partial charge in [-0.1, -0.05) is 12.1 Å². The van der Waals surface area contributed by atoms with E-state index in [1.54, 1.807) is 25.3 Å². The topological polar surface area (TPSA) is 92.5 Å². The van der Waals surface area contributed by atoms with Gasteiger partial charge in [0, 0.05) is 70.7 Å². The molecule has 2 aromatic heterocycles. The van der Waals surface area contributed by atoms with Crippen LogP contribution < -0.4 is 9.80 Å². The molecule has 2 aliphatic heterocycles. The molecule has 1 aromatic carbocycles. The fourth-order valence-corrected chi connectivity index (χ4v) is 4.98. The molecule has 2 fully saturated rings. The van der Waals surface area contributed by atoms with Gasteiger partial charge >= 0.3 is 0 Å². The Bertz CT molecular complexity index is 1360. The summed E-state index contributed by atoms with van der Waals surface area (Å²) >= 11 is 0. The number of carbonyl (C=O) groups is 1. The number of piperazine rings is 2. The zero-order chi connectivity index (χ0) is 26.6. The second-order valence-electron chi connectivity index (χ2n) is 9.78. The predicted molar refractivity (Wildman–Crippen MR) is 142 cm³/mol. The summed E-state index contributed by atoms with van der Waals surface area (Å²) in [6, 6.07) is 12.0. The molecular formula is C28H31FN8O. The summed E-state index contributed by atoms with van der Waals surface area (Å²) in [5.74, 6) is 0.866. The predicted octanol–water partition coefficient (Wildman–Crippen LogP) is 2.78. The van der Waals surface area contributed by atoms with Crippen molar-refractivity contribution >= 4 is 17.7 Å². The number of anilines is 2. The van der Waals surface area contributed by atoms with Crippen LogP contribution in [0, 0.1) is 31.0 Å². The van der Waals surface area contributed by atoms with E-state index in [-0.39, 0.29) is 5.91 Å². The molecule has 38 heavy (non-hydrogen) atoms. The minimum Gasteiger partial charge on any atom is -0.353 e. The van der Waals surface area contributed by atoms with E-state index in [0.717, 1.165) is 55.2 Å². The first-order valence-electron chi connectivity index (χ1n) is 12.9. The molecule has 0 N–H and O–H groups in total. The lowest BCUT2D eigenvalue weighted by atomic mass is 10.0. The minimum atomic E-state index is -0.416. The number of amides is 1. The first-order chi connectivity index (χ1) is 18.4. The number of hydrogen-bond donors (Lipinski definition) is 0. The van der Waals surface area contributed by atoms with E-state index < -0.39 is 5.82 Å². The minimum absolute atomic E-state index is 0.0317. The molecule has 5 rings (SSSR count). The Morgan fingerprint density at radius 1 is 1.00 bits per heavy atom. The highest BCUT2D eigenvalue weighted by Gasteiger charge is 2.26. The van der Waals surface area contributed by atoms with E-state index in [0.29, 0.717) is 43.4 Å².